The molecule has 0 saturated carbocycles. The predicted octanol–water partition coefficient (Wildman–Crippen LogP) is 1.68. The summed E-state index contributed by atoms with van der Waals surface area (Å²) in [5, 5.41) is 12.8. The highest BCUT2D eigenvalue weighted by atomic mass is 32.2. The Morgan fingerprint density at radius 3 is 2.25 bits per heavy atom. The molecule has 2 N–H and O–H groups in total. The van der Waals surface area contributed by atoms with Gasteiger partial charge in [-0.15, -0.1) is 0 Å². The second kappa shape index (κ2) is 6.56. The van der Waals surface area contributed by atoms with E-state index < -0.39 is 15.9 Å². The molecule has 0 radical (unpaired) electrons. The molecule has 0 aliphatic rings. The van der Waals surface area contributed by atoms with E-state index in [0.29, 0.717) is 6.54 Å². The Kier molecular flexibility index (Phi) is 5.56. The maximum atomic E-state index is 11.3. The molecular weight excluding hydrogens is 278 g/mol. The minimum absolute atomic E-state index is 0.248. The molecule has 0 bridgehead atoms. The minimum atomic E-state index is -3.17. The van der Waals surface area contributed by atoms with Crippen LogP contribution in [-0.2, 0) is 14.6 Å². The summed E-state index contributed by atoms with van der Waals surface area (Å²) in [7, 11) is -3.17. The molecule has 0 spiro atoms. The fourth-order valence-electron chi connectivity index (χ4n) is 1.46. The van der Waals surface area contributed by atoms with Crippen molar-refractivity contribution in [1.29, 1.82) is 0 Å². The quantitative estimate of drug-likeness (QED) is 0.836. The molecule has 5 nitrogen and oxygen atoms in total. The maximum Gasteiger partial charge on any atom is 0.175 e. The summed E-state index contributed by atoms with van der Waals surface area (Å²) in [4.78, 5) is 0.277. The third-order valence-electron chi connectivity index (χ3n) is 2.53. The average Bonchev–Trinajstić information content (AvgIpc) is 2.32. The van der Waals surface area contributed by atoms with Crippen molar-refractivity contribution in [3.8, 4) is 0 Å². The van der Waals surface area contributed by atoms with Gasteiger partial charge >= 0.3 is 0 Å². The Morgan fingerprint density at radius 2 is 1.80 bits per heavy atom. The van der Waals surface area contributed by atoms with E-state index >= 15 is 0 Å². The largest absolute Gasteiger partial charge is 0.389 e. The van der Waals surface area contributed by atoms with Crippen LogP contribution in [0.4, 0.5) is 5.69 Å². The van der Waals surface area contributed by atoms with Crippen LogP contribution in [0.1, 0.15) is 20.8 Å². The Balaban J connectivity index is 2.46. The van der Waals surface area contributed by atoms with Crippen molar-refractivity contribution in [1.82, 2.24) is 0 Å². The third-order valence-corrected chi connectivity index (χ3v) is 3.66. The topological polar surface area (TPSA) is 75.6 Å². The predicted molar refractivity (Wildman–Crippen MR) is 79.8 cm³/mol. The van der Waals surface area contributed by atoms with Crippen LogP contribution in [0.2, 0.25) is 0 Å². The number of anilines is 1. The normalized spacial score (nSPS) is 14.1. The van der Waals surface area contributed by atoms with E-state index in [4.69, 9.17) is 4.74 Å². The van der Waals surface area contributed by atoms with Crippen molar-refractivity contribution in [2.24, 2.45) is 0 Å². The highest BCUT2D eigenvalue weighted by molar-refractivity contribution is 7.90. The zero-order chi connectivity index (χ0) is 15.4. The number of hydrogen-bond acceptors (Lipinski definition) is 5. The highest BCUT2D eigenvalue weighted by Gasteiger charge is 2.13. The first kappa shape index (κ1) is 16.9. The van der Waals surface area contributed by atoms with Gasteiger partial charge in [-0.05, 0) is 45.0 Å². The second-order valence-electron chi connectivity index (χ2n) is 5.75. The van der Waals surface area contributed by atoms with E-state index in [0.717, 1.165) is 5.69 Å². The lowest BCUT2D eigenvalue weighted by molar-refractivity contribution is -0.0449. The molecule has 1 aromatic rings. The van der Waals surface area contributed by atoms with Crippen LogP contribution in [0, 0.1) is 0 Å². The van der Waals surface area contributed by atoms with Gasteiger partial charge in [0, 0.05) is 18.5 Å². The number of aliphatic hydroxyl groups excluding tert-OH is 1. The first-order chi connectivity index (χ1) is 9.08. The monoisotopic (exact) mass is 301 g/mol. The van der Waals surface area contributed by atoms with Crippen molar-refractivity contribution in [2.75, 3.05) is 24.7 Å². The molecule has 114 valence electrons. The second-order valence-corrected chi connectivity index (χ2v) is 7.77. The van der Waals surface area contributed by atoms with E-state index in [1.54, 1.807) is 12.1 Å². The van der Waals surface area contributed by atoms with E-state index in [2.05, 4.69) is 5.32 Å². The summed E-state index contributed by atoms with van der Waals surface area (Å²) >= 11 is 0. The molecule has 1 unspecified atom stereocenters. The fraction of sp³-hybridized carbons (Fsp3) is 0.571. The van der Waals surface area contributed by atoms with Crippen LogP contribution >= 0.6 is 0 Å². The lowest BCUT2D eigenvalue weighted by Crippen LogP contribution is -2.30. The summed E-state index contributed by atoms with van der Waals surface area (Å²) in [6.07, 6.45) is 0.548. The van der Waals surface area contributed by atoms with Crippen molar-refractivity contribution in [3.63, 3.8) is 0 Å². The fourth-order valence-corrected chi connectivity index (χ4v) is 2.09. The molecular formula is C14H23NO4S. The van der Waals surface area contributed by atoms with Gasteiger partial charge in [-0.2, -0.15) is 0 Å². The van der Waals surface area contributed by atoms with Crippen LogP contribution in [0.25, 0.3) is 0 Å². The SMILES string of the molecule is CC(C)(C)OCC(O)CNc1ccc(S(C)(=O)=O)cc1. The highest BCUT2D eigenvalue weighted by Crippen LogP contribution is 2.14. The van der Waals surface area contributed by atoms with E-state index in [-0.39, 0.29) is 17.1 Å². The smallest absolute Gasteiger partial charge is 0.175 e. The minimum Gasteiger partial charge on any atom is -0.389 e. The van der Waals surface area contributed by atoms with E-state index in [1.165, 1.54) is 18.4 Å². The molecule has 0 saturated heterocycles. The Bertz CT molecular complexity index is 517. The lowest BCUT2D eigenvalue weighted by Gasteiger charge is -2.22. The molecule has 6 heteroatoms. The van der Waals surface area contributed by atoms with Crippen LogP contribution < -0.4 is 5.32 Å². The molecule has 0 amide bonds. The van der Waals surface area contributed by atoms with Gasteiger partial charge in [0.15, 0.2) is 9.84 Å². The molecule has 20 heavy (non-hydrogen) atoms. The Morgan fingerprint density at radius 1 is 1.25 bits per heavy atom. The standard InChI is InChI=1S/C14H23NO4S/c1-14(2,3)19-10-12(16)9-15-11-5-7-13(8-6-11)20(4,17)18/h5-8,12,15-16H,9-10H2,1-4H3. The van der Waals surface area contributed by atoms with Crippen molar-refractivity contribution >= 4 is 15.5 Å². The molecule has 1 aromatic carbocycles. The molecule has 0 aliphatic heterocycles. The molecule has 0 fully saturated rings. The van der Waals surface area contributed by atoms with Crippen LogP contribution in [0.15, 0.2) is 29.2 Å². The molecule has 1 rings (SSSR count). The van der Waals surface area contributed by atoms with Crippen LogP contribution in [-0.4, -0.2) is 44.6 Å². The number of benzene rings is 1. The van der Waals surface area contributed by atoms with Crippen LogP contribution in [0.5, 0.6) is 0 Å². The van der Waals surface area contributed by atoms with Gasteiger partial charge in [0.25, 0.3) is 0 Å². The average molecular weight is 301 g/mol. The van der Waals surface area contributed by atoms with Gasteiger partial charge in [-0.1, -0.05) is 0 Å². The maximum absolute atomic E-state index is 11.3. The Labute approximate surface area is 120 Å². The van der Waals surface area contributed by atoms with Crippen molar-refractivity contribution < 1.29 is 18.3 Å². The molecule has 1 atom stereocenters. The van der Waals surface area contributed by atoms with Gasteiger partial charge < -0.3 is 15.2 Å². The number of rotatable bonds is 6. The number of sulfone groups is 1. The molecule has 0 heterocycles. The third kappa shape index (κ3) is 6.36. The number of ether oxygens (including phenoxy) is 1. The summed E-state index contributed by atoms with van der Waals surface area (Å²) in [6.45, 7) is 6.37. The van der Waals surface area contributed by atoms with Gasteiger partial charge in [-0.25, -0.2) is 8.42 Å². The van der Waals surface area contributed by atoms with Crippen LogP contribution in [0.3, 0.4) is 0 Å². The number of aliphatic hydroxyl groups is 1. The Hall–Kier alpha value is -1.11. The lowest BCUT2D eigenvalue weighted by atomic mass is 10.2. The summed E-state index contributed by atoms with van der Waals surface area (Å²) in [5.74, 6) is 0. The molecule has 0 aromatic heterocycles. The molecule has 0 aliphatic carbocycles. The van der Waals surface area contributed by atoms with Gasteiger partial charge in [0.2, 0.25) is 0 Å². The van der Waals surface area contributed by atoms with Gasteiger partial charge in [-0.3, -0.25) is 0 Å². The van der Waals surface area contributed by atoms with E-state index in [9.17, 15) is 13.5 Å². The first-order valence-electron chi connectivity index (χ1n) is 6.44. The zero-order valence-electron chi connectivity index (χ0n) is 12.4. The van der Waals surface area contributed by atoms with Crippen molar-refractivity contribution in [2.45, 2.75) is 37.4 Å². The summed E-state index contributed by atoms with van der Waals surface area (Å²) in [5.41, 5.74) is 0.477. The summed E-state index contributed by atoms with van der Waals surface area (Å²) < 4.78 is 28.1. The van der Waals surface area contributed by atoms with Gasteiger partial charge in [0.1, 0.15) is 0 Å². The zero-order valence-corrected chi connectivity index (χ0v) is 13.2. The van der Waals surface area contributed by atoms with Crippen molar-refractivity contribution in [3.05, 3.63) is 24.3 Å². The first-order valence-corrected chi connectivity index (χ1v) is 8.33. The van der Waals surface area contributed by atoms with Gasteiger partial charge in [0.05, 0.1) is 23.2 Å². The van der Waals surface area contributed by atoms with E-state index in [1.807, 2.05) is 20.8 Å². The number of nitrogens with one attached hydrogen (secondary N) is 1. The summed E-state index contributed by atoms with van der Waals surface area (Å²) in [6, 6.07) is 6.42. The number of hydrogen-bond donors (Lipinski definition) is 2.